The molecule has 0 atom stereocenters. The van der Waals surface area contributed by atoms with Crippen molar-refractivity contribution in [2.75, 3.05) is 20.8 Å². The molecule has 2 aromatic carbocycles. The minimum atomic E-state index is -2.90. The fraction of sp³-hybridized carbons (Fsp3) is 0.350. The molecule has 2 aromatic rings. The van der Waals surface area contributed by atoms with Crippen LogP contribution in [-0.4, -0.2) is 33.3 Å². The number of halogens is 3. The maximum Gasteiger partial charge on any atom is 0.387 e. The molecule has 0 saturated heterocycles. The number of hydrogen-bond acceptors (Lipinski definition) is 4. The van der Waals surface area contributed by atoms with Crippen LogP contribution in [0, 0.1) is 0 Å². The van der Waals surface area contributed by atoms with E-state index in [1.165, 1.54) is 6.07 Å². The highest BCUT2D eigenvalue weighted by Crippen LogP contribution is 2.29. The number of nitrogens with zero attached hydrogens (tertiary/aromatic N) is 1. The molecular weight excluding hydrogens is 495 g/mol. The van der Waals surface area contributed by atoms with Crippen LogP contribution >= 0.6 is 24.0 Å². The zero-order valence-electron chi connectivity index (χ0n) is 16.6. The van der Waals surface area contributed by atoms with Crippen molar-refractivity contribution >= 4 is 29.9 Å². The van der Waals surface area contributed by atoms with Crippen molar-refractivity contribution in [1.29, 1.82) is 0 Å². The average Bonchev–Trinajstić information content (AvgIpc) is 2.70. The van der Waals surface area contributed by atoms with Crippen molar-refractivity contribution in [2.24, 2.45) is 4.99 Å². The van der Waals surface area contributed by atoms with Gasteiger partial charge in [-0.05, 0) is 30.7 Å². The topological polar surface area (TPSA) is 64.1 Å². The van der Waals surface area contributed by atoms with E-state index >= 15 is 0 Å². The molecule has 2 N–H and O–H groups in total. The first kappa shape index (κ1) is 24.7. The van der Waals surface area contributed by atoms with Crippen LogP contribution in [0.2, 0.25) is 0 Å². The zero-order chi connectivity index (χ0) is 20.4. The smallest absolute Gasteiger partial charge is 0.387 e. The molecule has 29 heavy (non-hydrogen) atoms. The Labute approximate surface area is 186 Å². The average molecular weight is 521 g/mol. The van der Waals surface area contributed by atoms with Crippen molar-refractivity contribution in [2.45, 2.75) is 26.6 Å². The second kappa shape index (κ2) is 13.0. The van der Waals surface area contributed by atoms with Crippen molar-refractivity contribution in [3.8, 4) is 17.2 Å². The Kier molecular flexibility index (Phi) is 11.1. The summed E-state index contributed by atoms with van der Waals surface area (Å²) in [6, 6.07) is 12.5. The summed E-state index contributed by atoms with van der Waals surface area (Å²) in [5.41, 5.74) is 1.84. The van der Waals surface area contributed by atoms with Gasteiger partial charge in [0.05, 0.1) is 13.7 Å². The Bertz CT molecular complexity index is 791. The molecule has 6 nitrogen and oxygen atoms in total. The van der Waals surface area contributed by atoms with Crippen LogP contribution < -0.4 is 24.8 Å². The van der Waals surface area contributed by atoms with E-state index in [0.717, 1.165) is 16.9 Å². The summed E-state index contributed by atoms with van der Waals surface area (Å²) in [7, 11) is 3.30. The molecule has 2 rings (SSSR count). The first-order valence-electron chi connectivity index (χ1n) is 8.84. The van der Waals surface area contributed by atoms with Crippen molar-refractivity contribution in [1.82, 2.24) is 10.6 Å². The highest BCUT2D eigenvalue weighted by Gasteiger charge is 2.12. The van der Waals surface area contributed by atoms with Gasteiger partial charge < -0.3 is 24.8 Å². The second-order valence-corrected chi connectivity index (χ2v) is 5.68. The summed E-state index contributed by atoms with van der Waals surface area (Å²) in [5, 5.41) is 6.39. The summed E-state index contributed by atoms with van der Waals surface area (Å²) in [6.07, 6.45) is 0. The minimum Gasteiger partial charge on any atom is -0.496 e. The largest absolute Gasteiger partial charge is 0.496 e. The van der Waals surface area contributed by atoms with E-state index in [1.807, 2.05) is 24.3 Å². The van der Waals surface area contributed by atoms with Gasteiger partial charge in [0.1, 0.15) is 5.75 Å². The molecule has 0 aromatic heterocycles. The molecule has 0 amide bonds. The molecule has 0 radical (unpaired) electrons. The normalized spacial score (nSPS) is 10.9. The Morgan fingerprint density at radius 3 is 2.41 bits per heavy atom. The first-order valence-corrected chi connectivity index (χ1v) is 8.84. The van der Waals surface area contributed by atoms with Gasteiger partial charge in [-0.25, -0.2) is 0 Å². The number of rotatable bonds is 9. The van der Waals surface area contributed by atoms with Gasteiger partial charge in [-0.3, -0.25) is 4.99 Å². The van der Waals surface area contributed by atoms with Crippen molar-refractivity contribution < 1.29 is 23.0 Å². The molecule has 160 valence electrons. The van der Waals surface area contributed by atoms with Gasteiger partial charge in [-0.1, -0.05) is 24.3 Å². The van der Waals surface area contributed by atoms with Gasteiger partial charge in [0.2, 0.25) is 0 Å². The highest BCUT2D eigenvalue weighted by atomic mass is 127. The van der Waals surface area contributed by atoms with Gasteiger partial charge in [0.15, 0.2) is 17.5 Å². The first-order chi connectivity index (χ1) is 13.6. The number of benzene rings is 2. The molecule has 0 aliphatic rings. The fourth-order valence-corrected chi connectivity index (χ4v) is 2.56. The van der Waals surface area contributed by atoms with Crippen molar-refractivity contribution in [3.63, 3.8) is 0 Å². The van der Waals surface area contributed by atoms with E-state index in [0.29, 0.717) is 25.7 Å². The lowest BCUT2D eigenvalue weighted by Gasteiger charge is -2.15. The van der Waals surface area contributed by atoms with Crippen LogP contribution in [0.3, 0.4) is 0 Å². The molecule has 0 saturated carbocycles. The SMILES string of the molecule is CCOc1cc(CNC(=NC)NCc2ccccc2OC)ccc1OC(F)F.I. The van der Waals surface area contributed by atoms with Gasteiger partial charge in [0.25, 0.3) is 0 Å². The van der Waals surface area contributed by atoms with Gasteiger partial charge >= 0.3 is 6.61 Å². The predicted molar refractivity (Wildman–Crippen MR) is 120 cm³/mol. The van der Waals surface area contributed by atoms with E-state index in [2.05, 4.69) is 20.4 Å². The van der Waals surface area contributed by atoms with Crippen LogP contribution in [0.1, 0.15) is 18.1 Å². The Balaban J connectivity index is 0.00000420. The molecule has 0 heterocycles. The van der Waals surface area contributed by atoms with Crippen LogP contribution in [0.15, 0.2) is 47.5 Å². The molecule has 0 aliphatic heterocycles. The number of hydrogen-bond donors (Lipinski definition) is 2. The number of nitrogens with one attached hydrogen (secondary N) is 2. The summed E-state index contributed by atoms with van der Waals surface area (Å²) >= 11 is 0. The monoisotopic (exact) mass is 521 g/mol. The maximum atomic E-state index is 12.5. The molecular formula is C20H26F2IN3O3. The molecule has 0 aliphatic carbocycles. The number of methoxy groups -OCH3 is 1. The third-order valence-electron chi connectivity index (χ3n) is 3.85. The van der Waals surface area contributed by atoms with Gasteiger partial charge in [-0.15, -0.1) is 24.0 Å². The summed E-state index contributed by atoms with van der Waals surface area (Å²) in [4.78, 5) is 4.19. The Hall–Kier alpha value is -2.30. The second-order valence-electron chi connectivity index (χ2n) is 5.68. The Morgan fingerprint density at radius 2 is 1.76 bits per heavy atom. The molecule has 0 spiro atoms. The number of guanidine groups is 1. The van der Waals surface area contributed by atoms with Crippen molar-refractivity contribution in [3.05, 3.63) is 53.6 Å². The van der Waals surface area contributed by atoms with E-state index < -0.39 is 6.61 Å². The lowest BCUT2D eigenvalue weighted by molar-refractivity contribution is -0.0514. The summed E-state index contributed by atoms with van der Waals surface area (Å²) < 4.78 is 40.2. The quantitative estimate of drug-likeness (QED) is 0.295. The molecule has 0 bridgehead atoms. The summed E-state index contributed by atoms with van der Waals surface area (Å²) in [6.45, 7) is 0.191. The van der Waals surface area contributed by atoms with Gasteiger partial charge in [-0.2, -0.15) is 8.78 Å². The molecule has 9 heteroatoms. The highest BCUT2D eigenvalue weighted by molar-refractivity contribution is 14.0. The predicted octanol–water partition coefficient (Wildman–Crippen LogP) is 4.18. The fourth-order valence-electron chi connectivity index (χ4n) is 2.56. The summed E-state index contributed by atoms with van der Waals surface area (Å²) in [5.74, 6) is 1.68. The van der Waals surface area contributed by atoms with Crippen LogP contribution in [0.25, 0.3) is 0 Å². The molecule has 0 unspecified atom stereocenters. The Morgan fingerprint density at radius 1 is 1.03 bits per heavy atom. The lowest BCUT2D eigenvalue weighted by atomic mass is 10.2. The van der Waals surface area contributed by atoms with Crippen LogP contribution in [0.5, 0.6) is 17.2 Å². The standard InChI is InChI=1S/C20H25F2N3O3.HI/c1-4-27-18-11-14(9-10-17(18)28-19(21)22)12-24-20(23-2)25-13-15-7-5-6-8-16(15)26-3;/h5-11,19H,4,12-13H2,1-3H3,(H2,23,24,25);1H. The lowest BCUT2D eigenvalue weighted by Crippen LogP contribution is -2.36. The maximum absolute atomic E-state index is 12.5. The third-order valence-corrected chi connectivity index (χ3v) is 3.85. The van der Waals surface area contributed by atoms with E-state index in [1.54, 1.807) is 33.2 Å². The van der Waals surface area contributed by atoms with E-state index in [9.17, 15) is 8.78 Å². The number of ether oxygens (including phenoxy) is 3. The molecule has 0 fully saturated rings. The minimum absolute atomic E-state index is 0. The van der Waals surface area contributed by atoms with E-state index in [4.69, 9.17) is 9.47 Å². The van der Waals surface area contributed by atoms with Gasteiger partial charge in [0, 0.05) is 25.7 Å². The number of alkyl halides is 2. The third kappa shape index (κ3) is 7.92. The number of para-hydroxylation sites is 1. The van der Waals surface area contributed by atoms with E-state index in [-0.39, 0.29) is 35.5 Å². The number of aliphatic imine (C=N–C) groups is 1. The van der Waals surface area contributed by atoms with Crippen LogP contribution in [0.4, 0.5) is 8.78 Å². The zero-order valence-corrected chi connectivity index (χ0v) is 18.9. The van der Waals surface area contributed by atoms with Crippen LogP contribution in [-0.2, 0) is 13.1 Å².